The zero-order chi connectivity index (χ0) is 17.2. The third-order valence-corrected chi connectivity index (χ3v) is 3.32. The molecule has 0 N–H and O–H groups in total. The summed E-state index contributed by atoms with van der Waals surface area (Å²) in [5.41, 5.74) is 1.35. The molecule has 0 saturated heterocycles. The number of aromatic nitrogens is 1. The summed E-state index contributed by atoms with van der Waals surface area (Å²) in [5.74, 6) is 0.838. The fourth-order valence-electron chi connectivity index (χ4n) is 2.09. The largest absolute Gasteiger partial charge is 0.487 e. The van der Waals surface area contributed by atoms with Gasteiger partial charge in [-0.3, -0.25) is 0 Å². The lowest BCUT2D eigenvalue weighted by atomic mass is 10.1. The van der Waals surface area contributed by atoms with Gasteiger partial charge in [0.1, 0.15) is 24.3 Å². The van der Waals surface area contributed by atoms with E-state index in [-0.39, 0.29) is 12.5 Å². The van der Waals surface area contributed by atoms with E-state index in [2.05, 4.69) is 11.1 Å². The monoisotopic (exact) mass is 332 g/mol. The molecule has 1 aromatic heterocycles. The van der Waals surface area contributed by atoms with Crippen LogP contribution >= 0.6 is 0 Å². The molecule has 0 atom stereocenters. The van der Waals surface area contributed by atoms with Crippen LogP contribution in [0.2, 0.25) is 0 Å². The van der Waals surface area contributed by atoms with Crippen molar-refractivity contribution in [1.29, 1.82) is 0 Å². The molecule has 0 unspecified atom stereocenters. The zero-order valence-corrected chi connectivity index (χ0v) is 12.7. The van der Waals surface area contributed by atoms with Crippen molar-refractivity contribution in [3.8, 4) is 17.2 Å². The Kier molecular flexibility index (Phi) is 4.29. The van der Waals surface area contributed by atoms with E-state index < -0.39 is 11.7 Å². The molecule has 6 heteroatoms. The summed E-state index contributed by atoms with van der Waals surface area (Å²) >= 11 is 0. The van der Waals surface area contributed by atoms with Gasteiger partial charge >= 0.3 is 6.18 Å². The molecule has 0 spiro atoms. The second-order valence-electron chi connectivity index (χ2n) is 5.24. The van der Waals surface area contributed by atoms with Crippen LogP contribution in [0.15, 0.2) is 53.1 Å². The normalized spacial score (nSPS) is 11.5. The number of hydrogen-bond donors (Lipinski definition) is 0. The van der Waals surface area contributed by atoms with Gasteiger partial charge in [-0.25, -0.2) is 4.98 Å². The molecule has 0 amide bonds. The number of nitrogens with zero attached hydrogens (tertiary/aromatic N) is 1. The first-order chi connectivity index (χ1) is 11.4. The molecule has 3 aromatic rings. The first-order valence-electron chi connectivity index (χ1n) is 7.15. The molecule has 1 radical (unpaired) electrons. The Morgan fingerprint density at radius 1 is 1.17 bits per heavy atom. The number of benzene rings is 2. The maximum absolute atomic E-state index is 12.6. The van der Waals surface area contributed by atoms with Crippen molar-refractivity contribution >= 4 is 0 Å². The van der Waals surface area contributed by atoms with Crippen LogP contribution in [-0.2, 0) is 12.8 Å². The number of rotatable bonds is 4. The minimum absolute atomic E-state index is 0.185. The summed E-state index contributed by atoms with van der Waals surface area (Å²) < 4.78 is 48.5. The maximum Gasteiger partial charge on any atom is 0.416 e. The van der Waals surface area contributed by atoms with E-state index in [0.29, 0.717) is 17.0 Å². The summed E-state index contributed by atoms with van der Waals surface area (Å²) in [6, 6.07) is 13.1. The van der Waals surface area contributed by atoms with Crippen molar-refractivity contribution in [3.05, 3.63) is 71.6 Å². The molecule has 0 bridgehead atoms. The summed E-state index contributed by atoms with van der Waals surface area (Å²) in [6.45, 7) is 2.13. The van der Waals surface area contributed by atoms with Crippen LogP contribution < -0.4 is 4.74 Å². The van der Waals surface area contributed by atoms with E-state index in [4.69, 9.17) is 9.15 Å². The van der Waals surface area contributed by atoms with Crippen LogP contribution in [0.4, 0.5) is 13.2 Å². The highest BCUT2D eigenvalue weighted by molar-refractivity contribution is 5.54. The molecule has 1 heterocycles. The molecular formula is C18H13F3NO2. The maximum atomic E-state index is 12.6. The van der Waals surface area contributed by atoms with Gasteiger partial charge in [0.15, 0.2) is 0 Å². The van der Waals surface area contributed by atoms with Crippen LogP contribution in [0.1, 0.15) is 16.8 Å². The Bertz CT molecular complexity index is 823. The summed E-state index contributed by atoms with van der Waals surface area (Å²) in [7, 11) is 0. The van der Waals surface area contributed by atoms with E-state index in [1.165, 1.54) is 18.4 Å². The molecule has 2 aromatic carbocycles. The second kappa shape index (κ2) is 6.39. The minimum Gasteiger partial charge on any atom is -0.487 e. The molecule has 3 nitrogen and oxygen atoms in total. The van der Waals surface area contributed by atoms with Crippen molar-refractivity contribution < 1.29 is 22.3 Å². The van der Waals surface area contributed by atoms with E-state index in [0.717, 1.165) is 17.7 Å². The van der Waals surface area contributed by atoms with Crippen LogP contribution in [0.25, 0.3) is 11.5 Å². The van der Waals surface area contributed by atoms with E-state index in [1.54, 1.807) is 6.07 Å². The highest BCUT2D eigenvalue weighted by Gasteiger charge is 2.30. The SMILES string of the molecule is Cc1cc[c]c(OCc2coc(-c3ccc(C(F)(F)F)cc3)n2)c1. The summed E-state index contributed by atoms with van der Waals surface area (Å²) in [5, 5.41) is 0. The number of ether oxygens (including phenoxy) is 1. The van der Waals surface area contributed by atoms with Crippen molar-refractivity contribution in [2.75, 3.05) is 0 Å². The van der Waals surface area contributed by atoms with Crippen LogP contribution in [0.5, 0.6) is 5.75 Å². The summed E-state index contributed by atoms with van der Waals surface area (Å²) in [6.07, 6.45) is -2.94. The molecule has 0 saturated carbocycles. The molecule has 0 fully saturated rings. The average Bonchev–Trinajstić information content (AvgIpc) is 3.01. The van der Waals surface area contributed by atoms with Crippen molar-refractivity contribution in [3.63, 3.8) is 0 Å². The number of aryl methyl sites for hydroxylation is 1. The number of halogens is 3. The first kappa shape index (κ1) is 16.1. The van der Waals surface area contributed by atoms with Crippen molar-refractivity contribution in [2.45, 2.75) is 19.7 Å². The Balaban J connectivity index is 1.69. The molecule has 0 aliphatic heterocycles. The minimum atomic E-state index is -4.36. The summed E-state index contributed by atoms with van der Waals surface area (Å²) in [4.78, 5) is 4.22. The standard InChI is InChI=1S/C18H13F3NO2/c1-12-3-2-4-16(9-12)23-10-15-11-24-17(22-15)13-5-7-14(8-6-13)18(19,20)21/h2-3,5-9,11H,10H2,1H3. The Labute approximate surface area is 136 Å². The third kappa shape index (κ3) is 3.76. The predicted molar refractivity (Wildman–Crippen MR) is 81.3 cm³/mol. The van der Waals surface area contributed by atoms with Gasteiger partial charge in [-0.05, 0) is 42.8 Å². The zero-order valence-electron chi connectivity index (χ0n) is 12.7. The topological polar surface area (TPSA) is 35.3 Å². The first-order valence-corrected chi connectivity index (χ1v) is 7.15. The molecule has 24 heavy (non-hydrogen) atoms. The number of oxazole rings is 1. The van der Waals surface area contributed by atoms with E-state index >= 15 is 0 Å². The third-order valence-electron chi connectivity index (χ3n) is 3.32. The van der Waals surface area contributed by atoms with Gasteiger partial charge in [0.05, 0.1) is 5.56 Å². The van der Waals surface area contributed by atoms with Crippen LogP contribution in [0, 0.1) is 13.0 Å². The van der Waals surface area contributed by atoms with E-state index in [9.17, 15) is 13.2 Å². The van der Waals surface area contributed by atoms with Gasteiger partial charge in [0.25, 0.3) is 0 Å². The lowest BCUT2D eigenvalue weighted by molar-refractivity contribution is -0.137. The fraction of sp³-hybridized carbons (Fsp3) is 0.167. The van der Waals surface area contributed by atoms with E-state index in [1.807, 2.05) is 19.1 Å². The van der Waals surface area contributed by atoms with Crippen molar-refractivity contribution in [1.82, 2.24) is 4.98 Å². The molecule has 0 aliphatic rings. The smallest absolute Gasteiger partial charge is 0.416 e. The Hall–Kier alpha value is -2.76. The lowest BCUT2D eigenvalue weighted by Gasteiger charge is -2.06. The fourth-order valence-corrected chi connectivity index (χ4v) is 2.09. The van der Waals surface area contributed by atoms with Gasteiger partial charge in [-0.1, -0.05) is 12.1 Å². The van der Waals surface area contributed by atoms with Gasteiger partial charge < -0.3 is 9.15 Å². The van der Waals surface area contributed by atoms with Crippen molar-refractivity contribution in [2.24, 2.45) is 0 Å². The molecule has 123 valence electrons. The highest BCUT2D eigenvalue weighted by Crippen LogP contribution is 2.30. The average molecular weight is 332 g/mol. The number of hydrogen-bond acceptors (Lipinski definition) is 3. The lowest BCUT2D eigenvalue weighted by Crippen LogP contribution is -2.04. The highest BCUT2D eigenvalue weighted by atomic mass is 19.4. The Morgan fingerprint density at radius 2 is 1.92 bits per heavy atom. The molecule has 0 aliphatic carbocycles. The van der Waals surface area contributed by atoms with Gasteiger partial charge in [0.2, 0.25) is 5.89 Å². The Morgan fingerprint density at radius 3 is 2.58 bits per heavy atom. The van der Waals surface area contributed by atoms with Crippen LogP contribution in [0.3, 0.4) is 0 Å². The predicted octanol–water partition coefficient (Wildman–Crippen LogP) is 5.05. The quantitative estimate of drug-likeness (QED) is 0.671. The number of alkyl halides is 3. The van der Waals surface area contributed by atoms with Gasteiger partial charge in [-0.15, -0.1) is 0 Å². The van der Waals surface area contributed by atoms with Gasteiger partial charge in [0, 0.05) is 11.6 Å². The molecular weight excluding hydrogens is 319 g/mol. The van der Waals surface area contributed by atoms with Gasteiger partial charge in [-0.2, -0.15) is 13.2 Å². The van der Waals surface area contributed by atoms with Crippen LogP contribution in [-0.4, -0.2) is 4.98 Å². The molecule has 3 rings (SSSR count). The second-order valence-corrected chi connectivity index (χ2v) is 5.24.